The summed E-state index contributed by atoms with van der Waals surface area (Å²) in [5.74, 6) is 0.392. The lowest BCUT2D eigenvalue weighted by atomic mass is 10.2. The zero-order valence-corrected chi connectivity index (χ0v) is 13.4. The Morgan fingerprint density at radius 1 is 1.25 bits per heavy atom. The van der Waals surface area contributed by atoms with Crippen LogP contribution in [-0.2, 0) is 11.3 Å². The zero-order valence-electron chi connectivity index (χ0n) is 13.4. The average molecular weight is 325 g/mol. The topological polar surface area (TPSA) is 97.4 Å². The smallest absolute Gasteiger partial charge is 0.407 e. The summed E-state index contributed by atoms with van der Waals surface area (Å²) < 4.78 is 10.7. The lowest BCUT2D eigenvalue weighted by Crippen LogP contribution is -2.37. The standard InChI is InChI=1S/C18H19N3O3/c1-13(11-23-17-9-5-8-16(20)15(17)10-19)21-18(22)24-12-14-6-3-2-4-7-14/h2-9,13H,11-12,20H2,1H3,(H,21,22)/t13-/m1/s1. The monoisotopic (exact) mass is 325 g/mol. The molecule has 0 radical (unpaired) electrons. The van der Waals surface area contributed by atoms with Crippen molar-refractivity contribution >= 4 is 11.8 Å². The summed E-state index contributed by atoms with van der Waals surface area (Å²) in [6, 6.07) is 16.1. The summed E-state index contributed by atoms with van der Waals surface area (Å²) >= 11 is 0. The summed E-state index contributed by atoms with van der Waals surface area (Å²) in [6.07, 6.45) is -0.525. The molecular formula is C18H19N3O3. The second-order valence-corrected chi connectivity index (χ2v) is 5.25. The van der Waals surface area contributed by atoms with Gasteiger partial charge in [-0.25, -0.2) is 4.79 Å². The number of carbonyl (C=O) groups excluding carboxylic acids is 1. The van der Waals surface area contributed by atoms with Crippen molar-refractivity contribution in [1.82, 2.24) is 5.32 Å². The van der Waals surface area contributed by atoms with Gasteiger partial charge in [0.1, 0.15) is 30.6 Å². The molecule has 124 valence electrons. The van der Waals surface area contributed by atoms with Crippen molar-refractivity contribution in [3.8, 4) is 11.8 Å². The van der Waals surface area contributed by atoms with Crippen LogP contribution >= 0.6 is 0 Å². The van der Waals surface area contributed by atoms with Gasteiger partial charge in [-0.15, -0.1) is 0 Å². The quantitative estimate of drug-likeness (QED) is 0.796. The van der Waals surface area contributed by atoms with Crippen molar-refractivity contribution in [3.05, 3.63) is 59.7 Å². The van der Waals surface area contributed by atoms with Gasteiger partial charge in [0, 0.05) is 0 Å². The van der Waals surface area contributed by atoms with Crippen LogP contribution < -0.4 is 15.8 Å². The Balaban J connectivity index is 1.79. The SMILES string of the molecule is C[C@H](COc1cccc(N)c1C#N)NC(=O)OCc1ccccc1. The van der Waals surface area contributed by atoms with E-state index in [2.05, 4.69) is 5.32 Å². The maximum absolute atomic E-state index is 11.8. The highest BCUT2D eigenvalue weighted by Gasteiger charge is 2.12. The van der Waals surface area contributed by atoms with Crippen molar-refractivity contribution in [3.63, 3.8) is 0 Å². The molecule has 1 amide bonds. The molecule has 0 aliphatic carbocycles. The summed E-state index contributed by atoms with van der Waals surface area (Å²) in [6.45, 7) is 2.18. The Labute approximate surface area is 140 Å². The van der Waals surface area contributed by atoms with Gasteiger partial charge in [-0.3, -0.25) is 0 Å². The van der Waals surface area contributed by atoms with E-state index in [0.717, 1.165) is 5.56 Å². The molecule has 0 aromatic heterocycles. The number of nitrogens with zero attached hydrogens (tertiary/aromatic N) is 1. The number of nitrogen functional groups attached to an aromatic ring is 1. The van der Waals surface area contributed by atoms with Gasteiger partial charge in [-0.1, -0.05) is 36.4 Å². The Kier molecular flexibility index (Phi) is 6.03. The van der Waals surface area contributed by atoms with E-state index in [1.165, 1.54) is 0 Å². The predicted molar refractivity (Wildman–Crippen MR) is 90.3 cm³/mol. The molecule has 0 unspecified atom stereocenters. The molecule has 0 saturated heterocycles. The predicted octanol–water partition coefficient (Wildman–Crippen LogP) is 2.83. The molecule has 0 aliphatic heterocycles. The molecular weight excluding hydrogens is 306 g/mol. The third kappa shape index (κ3) is 4.92. The molecule has 0 aliphatic rings. The minimum absolute atomic E-state index is 0.193. The number of nitriles is 1. The fraction of sp³-hybridized carbons (Fsp3) is 0.222. The number of hydrogen-bond acceptors (Lipinski definition) is 5. The van der Waals surface area contributed by atoms with Crippen LogP contribution in [0.2, 0.25) is 0 Å². The number of nitrogens with one attached hydrogen (secondary N) is 1. The number of rotatable bonds is 6. The maximum atomic E-state index is 11.8. The Morgan fingerprint density at radius 2 is 2.00 bits per heavy atom. The van der Waals surface area contributed by atoms with Gasteiger partial charge in [-0.05, 0) is 24.6 Å². The number of nitrogens with two attached hydrogens (primary N) is 1. The van der Waals surface area contributed by atoms with Gasteiger partial charge < -0.3 is 20.5 Å². The fourth-order valence-electron chi connectivity index (χ4n) is 2.01. The van der Waals surface area contributed by atoms with Crippen LogP contribution in [0.25, 0.3) is 0 Å². The number of alkyl carbamates (subject to hydrolysis) is 1. The maximum Gasteiger partial charge on any atom is 0.407 e. The van der Waals surface area contributed by atoms with Crippen LogP contribution in [0.1, 0.15) is 18.1 Å². The molecule has 3 N–H and O–H groups in total. The van der Waals surface area contributed by atoms with Crippen LogP contribution in [0.5, 0.6) is 5.75 Å². The Bertz CT molecular complexity index is 726. The number of hydrogen-bond donors (Lipinski definition) is 2. The first kappa shape index (κ1) is 17.2. The van der Waals surface area contributed by atoms with Crippen LogP contribution in [0.15, 0.2) is 48.5 Å². The van der Waals surface area contributed by atoms with E-state index in [9.17, 15) is 4.79 Å². The molecule has 2 rings (SSSR count). The average Bonchev–Trinajstić information content (AvgIpc) is 2.59. The molecule has 2 aromatic carbocycles. The zero-order chi connectivity index (χ0) is 17.4. The highest BCUT2D eigenvalue weighted by Crippen LogP contribution is 2.23. The van der Waals surface area contributed by atoms with Crippen LogP contribution in [-0.4, -0.2) is 18.7 Å². The van der Waals surface area contributed by atoms with Gasteiger partial charge >= 0.3 is 6.09 Å². The molecule has 0 spiro atoms. The normalized spacial score (nSPS) is 11.2. The minimum Gasteiger partial charge on any atom is -0.490 e. The second-order valence-electron chi connectivity index (χ2n) is 5.25. The largest absolute Gasteiger partial charge is 0.490 e. The molecule has 0 heterocycles. The van der Waals surface area contributed by atoms with Gasteiger partial charge in [-0.2, -0.15) is 5.26 Å². The van der Waals surface area contributed by atoms with E-state index in [1.807, 2.05) is 36.4 Å². The molecule has 1 atom stereocenters. The number of benzene rings is 2. The van der Waals surface area contributed by atoms with Crippen molar-refractivity contribution < 1.29 is 14.3 Å². The summed E-state index contributed by atoms with van der Waals surface area (Å²) in [5.41, 5.74) is 7.28. The third-order valence-electron chi connectivity index (χ3n) is 3.24. The van der Waals surface area contributed by atoms with E-state index < -0.39 is 6.09 Å². The number of ether oxygens (including phenoxy) is 2. The summed E-state index contributed by atoms with van der Waals surface area (Å²) in [5, 5.41) is 11.8. The second kappa shape index (κ2) is 8.44. The Hall–Kier alpha value is -3.20. The molecule has 6 heteroatoms. The highest BCUT2D eigenvalue weighted by atomic mass is 16.5. The van der Waals surface area contributed by atoms with Crippen molar-refractivity contribution in [2.24, 2.45) is 0 Å². The van der Waals surface area contributed by atoms with Crippen LogP contribution in [0, 0.1) is 11.3 Å². The van der Waals surface area contributed by atoms with E-state index in [4.69, 9.17) is 20.5 Å². The Morgan fingerprint density at radius 3 is 2.71 bits per heavy atom. The lowest BCUT2D eigenvalue weighted by Gasteiger charge is -2.16. The lowest BCUT2D eigenvalue weighted by molar-refractivity contribution is 0.132. The van der Waals surface area contributed by atoms with Gasteiger partial charge in [0.15, 0.2) is 0 Å². The number of carbonyl (C=O) groups is 1. The van der Waals surface area contributed by atoms with Crippen molar-refractivity contribution in [2.45, 2.75) is 19.6 Å². The van der Waals surface area contributed by atoms with Crippen molar-refractivity contribution in [2.75, 3.05) is 12.3 Å². The molecule has 0 bridgehead atoms. The van der Waals surface area contributed by atoms with E-state index in [0.29, 0.717) is 11.4 Å². The fourth-order valence-corrected chi connectivity index (χ4v) is 2.01. The molecule has 6 nitrogen and oxygen atoms in total. The third-order valence-corrected chi connectivity index (χ3v) is 3.24. The van der Waals surface area contributed by atoms with E-state index in [1.54, 1.807) is 25.1 Å². The minimum atomic E-state index is -0.525. The first-order valence-electron chi connectivity index (χ1n) is 7.48. The van der Waals surface area contributed by atoms with Crippen molar-refractivity contribution in [1.29, 1.82) is 5.26 Å². The molecule has 0 fully saturated rings. The van der Waals surface area contributed by atoms with E-state index >= 15 is 0 Å². The number of anilines is 1. The highest BCUT2D eigenvalue weighted by molar-refractivity contribution is 5.67. The first-order valence-corrected chi connectivity index (χ1v) is 7.48. The van der Waals surface area contributed by atoms with Gasteiger partial charge in [0.25, 0.3) is 0 Å². The van der Waals surface area contributed by atoms with E-state index in [-0.39, 0.29) is 24.8 Å². The molecule has 0 saturated carbocycles. The van der Waals surface area contributed by atoms with Crippen LogP contribution in [0.4, 0.5) is 10.5 Å². The summed E-state index contributed by atoms with van der Waals surface area (Å²) in [4.78, 5) is 11.8. The van der Waals surface area contributed by atoms with Gasteiger partial charge in [0.2, 0.25) is 0 Å². The summed E-state index contributed by atoms with van der Waals surface area (Å²) in [7, 11) is 0. The molecule has 2 aromatic rings. The molecule has 24 heavy (non-hydrogen) atoms. The van der Waals surface area contributed by atoms with Crippen LogP contribution in [0.3, 0.4) is 0 Å². The number of amides is 1. The first-order chi connectivity index (χ1) is 11.6. The van der Waals surface area contributed by atoms with Gasteiger partial charge in [0.05, 0.1) is 11.7 Å².